The largest absolute Gasteiger partial charge is 0.455 e. The summed E-state index contributed by atoms with van der Waals surface area (Å²) in [5.74, 6) is 0.880. The lowest BCUT2D eigenvalue weighted by Crippen LogP contribution is -2.37. The summed E-state index contributed by atoms with van der Waals surface area (Å²) in [4.78, 5) is 2.36. The minimum Gasteiger partial charge on any atom is -0.455 e. The van der Waals surface area contributed by atoms with E-state index in [1.807, 2.05) is 0 Å². The number of fused-ring (bicyclic) bond motifs is 7. The first-order valence-corrected chi connectivity index (χ1v) is 24.7. The van der Waals surface area contributed by atoms with Crippen LogP contribution < -0.4 is 21.1 Å². The molecule has 11 aromatic rings. The van der Waals surface area contributed by atoms with E-state index in [9.17, 15) is 0 Å². The summed E-state index contributed by atoms with van der Waals surface area (Å²) in [6.45, 7) is 11.9. The Balaban J connectivity index is 1.05. The summed E-state index contributed by atoms with van der Waals surface area (Å²) in [5.41, 5.74) is 22.0. The fraction of sp³-hybridized carbons (Fsp3) is 0.138. The molecule has 1 aliphatic carbocycles. The van der Waals surface area contributed by atoms with E-state index in [1.165, 1.54) is 55.9 Å². The van der Waals surface area contributed by atoms with E-state index in [0.29, 0.717) is 0 Å². The molecule has 0 unspecified atom stereocenters. The van der Waals surface area contributed by atoms with Crippen molar-refractivity contribution >= 4 is 79.4 Å². The summed E-state index contributed by atoms with van der Waals surface area (Å²) in [6, 6.07) is 72.7. The fourth-order valence-electron chi connectivity index (χ4n) is 11.7. The first kappa shape index (κ1) is 42.1. The Hall–Kier alpha value is -8.02. The van der Waals surface area contributed by atoms with Gasteiger partial charge in [-0.05, 0) is 131 Å². The molecule has 5 heteroatoms. The summed E-state index contributed by atoms with van der Waals surface area (Å²) in [6.07, 6.45) is 2.33. The number of furan rings is 1. The normalized spacial score (nSPS) is 14.3. The van der Waals surface area contributed by atoms with E-state index in [4.69, 9.17) is 4.42 Å². The third kappa shape index (κ3) is 6.74. The predicted octanol–water partition coefficient (Wildman–Crippen LogP) is 16.4. The van der Waals surface area contributed by atoms with Crippen LogP contribution in [0.1, 0.15) is 57.2 Å². The van der Waals surface area contributed by atoms with E-state index in [-0.39, 0.29) is 10.8 Å². The average Bonchev–Trinajstić information content (AvgIpc) is 3.94. The Labute approximate surface area is 411 Å². The highest BCUT2D eigenvalue weighted by molar-refractivity contribution is 6.73. The van der Waals surface area contributed by atoms with E-state index >= 15 is 0 Å². The molecule has 0 fully saturated rings. The lowest BCUT2D eigenvalue weighted by Gasteiger charge is -2.42. The monoisotopic (exact) mass is 902 g/mol. The van der Waals surface area contributed by atoms with Crippen LogP contribution >= 0.6 is 0 Å². The Morgan fingerprint density at radius 2 is 1.19 bits per heavy atom. The van der Waals surface area contributed by atoms with Crippen LogP contribution in [0.25, 0.3) is 72.0 Å². The maximum atomic E-state index is 6.99. The van der Waals surface area contributed by atoms with Crippen LogP contribution in [-0.4, -0.2) is 11.8 Å². The molecule has 337 valence electrons. The lowest BCUT2D eigenvalue weighted by atomic mass is 9.58. The number of aryl methyl sites for hydroxylation is 1. The van der Waals surface area contributed by atoms with E-state index < -0.39 is 0 Å². The zero-order chi connectivity index (χ0) is 47.3. The van der Waals surface area contributed by atoms with E-state index in [2.05, 4.69) is 257 Å². The SMILES string of the molecule is Cc1cc(-c2ccc(N(c3ccccc3)c3ccccc3)cc2Nc2ccc3c(c2)C(C)(C)CCC3(C)C)c2c3c1c1ccccc1n3-c1cc3c(-c4ccccc4)c(-c4ccccc4)oc3cc1[B]2. The van der Waals surface area contributed by atoms with Crippen molar-refractivity contribution in [2.75, 3.05) is 10.2 Å². The zero-order valence-corrected chi connectivity index (χ0v) is 40.3. The summed E-state index contributed by atoms with van der Waals surface area (Å²) >= 11 is 0. The van der Waals surface area contributed by atoms with Crippen molar-refractivity contribution in [1.29, 1.82) is 0 Å². The molecule has 0 bridgehead atoms. The van der Waals surface area contributed by atoms with Crippen LogP contribution in [0.15, 0.2) is 205 Å². The molecule has 0 saturated heterocycles. The quantitative estimate of drug-likeness (QED) is 0.154. The maximum absolute atomic E-state index is 6.99. The average molecular weight is 903 g/mol. The molecule has 3 heterocycles. The van der Waals surface area contributed by atoms with Gasteiger partial charge in [0.05, 0.1) is 5.52 Å². The minimum absolute atomic E-state index is 0.0653. The zero-order valence-electron chi connectivity index (χ0n) is 40.3. The number of para-hydroxylation sites is 3. The number of anilines is 5. The highest BCUT2D eigenvalue weighted by Crippen LogP contribution is 2.49. The second-order valence-corrected chi connectivity index (χ2v) is 20.7. The van der Waals surface area contributed by atoms with Gasteiger partial charge in [-0.3, -0.25) is 0 Å². The molecule has 9 aromatic carbocycles. The molecule has 4 nitrogen and oxygen atoms in total. The molecule has 0 atom stereocenters. The molecule has 0 saturated carbocycles. The molecule has 1 aliphatic heterocycles. The molecule has 2 aromatic heterocycles. The Bertz CT molecular complexity index is 3790. The van der Waals surface area contributed by atoms with Gasteiger partial charge < -0.3 is 19.2 Å². The van der Waals surface area contributed by atoms with Crippen molar-refractivity contribution < 1.29 is 4.42 Å². The van der Waals surface area contributed by atoms with E-state index in [0.717, 1.165) is 85.0 Å². The highest BCUT2D eigenvalue weighted by Gasteiger charge is 2.37. The summed E-state index contributed by atoms with van der Waals surface area (Å²) in [7, 11) is 2.42. The number of hydrogen-bond donors (Lipinski definition) is 1. The number of nitrogens with one attached hydrogen (secondary N) is 1. The second kappa shape index (κ2) is 16.0. The third-order valence-corrected chi connectivity index (χ3v) is 15.4. The van der Waals surface area contributed by atoms with Crippen LogP contribution in [0.4, 0.5) is 28.4 Å². The summed E-state index contributed by atoms with van der Waals surface area (Å²) in [5, 5.41) is 7.71. The van der Waals surface area contributed by atoms with Crippen molar-refractivity contribution in [3.8, 4) is 39.3 Å². The van der Waals surface area contributed by atoms with Crippen molar-refractivity contribution in [2.45, 2.75) is 58.3 Å². The van der Waals surface area contributed by atoms with Crippen LogP contribution in [-0.2, 0) is 10.8 Å². The highest BCUT2D eigenvalue weighted by atomic mass is 16.3. The lowest BCUT2D eigenvalue weighted by molar-refractivity contribution is 0.332. The molecule has 0 spiro atoms. The van der Waals surface area contributed by atoms with Gasteiger partial charge in [-0.1, -0.05) is 167 Å². The van der Waals surface area contributed by atoms with Gasteiger partial charge in [0.1, 0.15) is 11.3 Å². The van der Waals surface area contributed by atoms with Crippen molar-refractivity contribution in [1.82, 2.24) is 4.57 Å². The molecule has 70 heavy (non-hydrogen) atoms. The number of rotatable bonds is 8. The van der Waals surface area contributed by atoms with Crippen LogP contribution in [0.5, 0.6) is 0 Å². The van der Waals surface area contributed by atoms with Crippen LogP contribution in [0.3, 0.4) is 0 Å². The Morgan fingerprint density at radius 1 is 0.557 bits per heavy atom. The minimum atomic E-state index is 0.0653. The van der Waals surface area contributed by atoms with Gasteiger partial charge in [0, 0.05) is 72.5 Å². The van der Waals surface area contributed by atoms with Gasteiger partial charge in [0.25, 0.3) is 0 Å². The fourth-order valence-corrected chi connectivity index (χ4v) is 11.7. The van der Waals surface area contributed by atoms with Gasteiger partial charge in [-0.15, -0.1) is 0 Å². The number of aromatic nitrogens is 1. The van der Waals surface area contributed by atoms with Gasteiger partial charge in [-0.2, -0.15) is 0 Å². The van der Waals surface area contributed by atoms with Crippen molar-refractivity contribution in [2.24, 2.45) is 0 Å². The van der Waals surface area contributed by atoms with Gasteiger partial charge >= 0.3 is 0 Å². The molecule has 13 rings (SSSR count). The van der Waals surface area contributed by atoms with Crippen molar-refractivity contribution in [3.63, 3.8) is 0 Å². The van der Waals surface area contributed by atoms with Gasteiger partial charge in [-0.25, -0.2) is 0 Å². The first-order chi connectivity index (χ1) is 34.1. The van der Waals surface area contributed by atoms with Crippen molar-refractivity contribution in [3.05, 3.63) is 217 Å². The third-order valence-electron chi connectivity index (χ3n) is 15.4. The first-order valence-electron chi connectivity index (χ1n) is 24.7. The topological polar surface area (TPSA) is 33.3 Å². The molecule has 0 amide bonds. The predicted molar refractivity (Wildman–Crippen MR) is 296 cm³/mol. The van der Waals surface area contributed by atoms with E-state index in [1.54, 1.807) is 0 Å². The van der Waals surface area contributed by atoms with Crippen LogP contribution in [0.2, 0.25) is 0 Å². The molecule has 2 aliphatic rings. The molecule has 1 radical (unpaired) electrons. The van der Waals surface area contributed by atoms with Crippen LogP contribution in [0, 0.1) is 6.92 Å². The molecule has 1 N–H and O–H groups in total. The smallest absolute Gasteiger partial charge is 0.198 e. The van der Waals surface area contributed by atoms with Gasteiger partial charge in [0.2, 0.25) is 0 Å². The Kier molecular flexibility index (Phi) is 9.65. The second-order valence-electron chi connectivity index (χ2n) is 20.7. The Morgan fingerprint density at radius 3 is 1.89 bits per heavy atom. The number of benzene rings is 9. The summed E-state index contributed by atoms with van der Waals surface area (Å²) < 4.78 is 9.51. The molecular formula is C65H53BN3O. The van der Waals surface area contributed by atoms with Gasteiger partial charge in [0.15, 0.2) is 7.28 Å². The number of nitrogens with zero attached hydrogens (tertiary/aromatic N) is 2. The molecular weight excluding hydrogens is 850 g/mol. The standard InChI is InChI=1S/C65H53BN3O/c1-41-36-50(48-32-31-47(68(45-24-14-8-15-25-45)46-26-16-9-17-27-46)38-55(48)67-44-30-33-52-53(37-44)65(4,5)35-34-64(52,2)3)61-62-59(41)49-28-18-19-29-56(49)69(62)57-39-51-58(40-54(57)66-61)70-63(43-22-12-7-13-23-43)60(51)42-20-10-6-11-21-42/h6-33,36-40,67H,34-35H2,1-5H3. The maximum Gasteiger partial charge on any atom is 0.198 e. The number of hydrogen-bond acceptors (Lipinski definition) is 3.